The van der Waals surface area contributed by atoms with E-state index < -0.39 is 5.60 Å². The lowest BCUT2D eigenvalue weighted by Gasteiger charge is -2.25. The molecule has 1 aliphatic rings. The van der Waals surface area contributed by atoms with Crippen LogP contribution in [0.3, 0.4) is 0 Å². The quantitative estimate of drug-likeness (QED) is 0.817. The monoisotopic (exact) mass is 267 g/mol. The lowest BCUT2D eigenvalue weighted by atomic mass is 9.86. The molecule has 0 saturated carbocycles. The zero-order valence-corrected chi connectivity index (χ0v) is 12.1. The molecule has 2 aromatic carbocycles. The van der Waals surface area contributed by atoms with Gasteiger partial charge in [0.1, 0.15) is 5.60 Å². The number of fused-ring (bicyclic) bond motifs is 1. The minimum absolute atomic E-state index is 0.509. The van der Waals surface area contributed by atoms with E-state index >= 15 is 0 Å². The van der Waals surface area contributed by atoms with Crippen LogP contribution in [-0.2, 0) is 12.0 Å². The molecule has 1 aliphatic carbocycles. The van der Waals surface area contributed by atoms with Gasteiger partial charge in [-0.3, -0.25) is 0 Å². The average molecular weight is 267 g/mol. The number of hydrogen-bond donors (Lipinski definition) is 2. The largest absolute Gasteiger partial charge is 0.399 e. The minimum Gasteiger partial charge on any atom is -0.399 e. The molecule has 104 valence electrons. The summed E-state index contributed by atoms with van der Waals surface area (Å²) in [7, 11) is 0. The molecule has 0 bridgehead atoms. The Labute approximate surface area is 120 Å². The summed E-state index contributed by atoms with van der Waals surface area (Å²) in [4.78, 5) is 0. The van der Waals surface area contributed by atoms with Gasteiger partial charge in [-0.15, -0.1) is 0 Å². The van der Waals surface area contributed by atoms with Gasteiger partial charge in [-0.05, 0) is 53.1 Å². The highest BCUT2D eigenvalue weighted by atomic mass is 16.3. The van der Waals surface area contributed by atoms with E-state index in [0.717, 1.165) is 29.7 Å². The van der Waals surface area contributed by atoms with Gasteiger partial charge in [0.2, 0.25) is 0 Å². The summed E-state index contributed by atoms with van der Waals surface area (Å²) in [5, 5.41) is 11.1. The van der Waals surface area contributed by atoms with E-state index in [4.69, 9.17) is 5.73 Å². The molecule has 2 nitrogen and oxygen atoms in total. The molecule has 1 atom stereocenters. The summed E-state index contributed by atoms with van der Waals surface area (Å²) in [5.74, 6) is 0.509. The molecular formula is C18H21NO. The van der Waals surface area contributed by atoms with Crippen molar-refractivity contribution in [2.24, 2.45) is 0 Å². The fraction of sp³-hybridized carbons (Fsp3) is 0.333. The smallest absolute Gasteiger partial charge is 0.115 e. The summed E-state index contributed by atoms with van der Waals surface area (Å²) in [5.41, 5.74) is 10.2. The number of anilines is 1. The van der Waals surface area contributed by atoms with E-state index in [-0.39, 0.29) is 0 Å². The molecule has 20 heavy (non-hydrogen) atoms. The summed E-state index contributed by atoms with van der Waals surface area (Å²) in [6, 6.07) is 14.2. The molecule has 0 amide bonds. The summed E-state index contributed by atoms with van der Waals surface area (Å²) < 4.78 is 0. The van der Waals surface area contributed by atoms with E-state index in [2.05, 4.69) is 38.1 Å². The van der Waals surface area contributed by atoms with Gasteiger partial charge in [0.05, 0.1) is 0 Å². The first kappa shape index (κ1) is 13.2. The van der Waals surface area contributed by atoms with E-state index in [1.54, 1.807) is 0 Å². The SMILES string of the molecule is CC(C)c1ccc(C2(O)CCc3cc(N)ccc32)cc1. The molecule has 0 aliphatic heterocycles. The predicted molar refractivity (Wildman–Crippen MR) is 82.7 cm³/mol. The lowest BCUT2D eigenvalue weighted by molar-refractivity contribution is 0.0829. The van der Waals surface area contributed by atoms with Crippen molar-refractivity contribution >= 4 is 5.69 Å². The first-order chi connectivity index (χ1) is 9.50. The van der Waals surface area contributed by atoms with Crippen molar-refractivity contribution in [2.45, 2.75) is 38.2 Å². The fourth-order valence-electron chi connectivity index (χ4n) is 3.12. The Morgan fingerprint density at radius 3 is 2.45 bits per heavy atom. The highest BCUT2D eigenvalue weighted by Crippen LogP contribution is 2.42. The highest BCUT2D eigenvalue weighted by molar-refractivity contribution is 5.52. The molecule has 0 saturated heterocycles. The molecular weight excluding hydrogens is 246 g/mol. The van der Waals surface area contributed by atoms with E-state index in [9.17, 15) is 5.11 Å². The van der Waals surface area contributed by atoms with Gasteiger partial charge in [0, 0.05) is 5.69 Å². The van der Waals surface area contributed by atoms with Gasteiger partial charge >= 0.3 is 0 Å². The molecule has 0 aromatic heterocycles. The molecule has 2 aromatic rings. The zero-order valence-electron chi connectivity index (χ0n) is 12.1. The Hall–Kier alpha value is -1.80. The van der Waals surface area contributed by atoms with Crippen LogP contribution in [0.25, 0.3) is 0 Å². The molecule has 2 heteroatoms. The summed E-state index contributed by atoms with van der Waals surface area (Å²) in [6.07, 6.45) is 1.61. The number of hydrogen-bond acceptors (Lipinski definition) is 2. The zero-order chi connectivity index (χ0) is 14.3. The van der Waals surface area contributed by atoms with E-state index in [1.165, 1.54) is 11.1 Å². The van der Waals surface area contributed by atoms with E-state index in [0.29, 0.717) is 5.92 Å². The van der Waals surface area contributed by atoms with Crippen LogP contribution in [0.2, 0.25) is 0 Å². The van der Waals surface area contributed by atoms with Crippen molar-refractivity contribution in [3.8, 4) is 0 Å². The normalized spacial score (nSPS) is 21.2. The Kier molecular flexibility index (Phi) is 3.06. The van der Waals surface area contributed by atoms with Crippen molar-refractivity contribution < 1.29 is 5.11 Å². The lowest BCUT2D eigenvalue weighted by Crippen LogP contribution is -2.23. The van der Waals surface area contributed by atoms with Gasteiger partial charge < -0.3 is 10.8 Å². The third kappa shape index (κ3) is 2.01. The predicted octanol–water partition coefficient (Wildman–Crippen LogP) is 3.57. The van der Waals surface area contributed by atoms with Crippen LogP contribution in [0, 0.1) is 0 Å². The van der Waals surface area contributed by atoms with Crippen molar-refractivity contribution in [3.05, 3.63) is 64.7 Å². The Bertz CT molecular complexity index is 630. The van der Waals surface area contributed by atoms with Crippen LogP contribution in [0.15, 0.2) is 42.5 Å². The van der Waals surface area contributed by atoms with Crippen LogP contribution in [-0.4, -0.2) is 5.11 Å². The number of aliphatic hydroxyl groups is 1. The Morgan fingerprint density at radius 1 is 1.10 bits per heavy atom. The number of nitrogens with two attached hydrogens (primary N) is 1. The van der Waals surface area contributed by atoms with Crippen LogP contribution in [0.4, 0.5) is 5.69 Å². The molecule has 0 spiro atoms. The maximum Gasteiger partial charge on any atom is 0.115 e. The van der Waals surface area contributed by atoms with Crippen molar-refractivity contribution in [1.29, 1.82) is 0 Å². The van der Waals surface area contributed by atoms with Gasteiger partial charge in [-0.1, -0.05) is 44.2 Å². The molecule has 0 radical (unpaired) electrons. The van der Waals surface area contributed by atoms with Crippen LogP contribution in [0.1, 0.15) is 48.4 Å². The van der Waals surface area contributed by atoms with Crippen molar-refractivity contribution in [2.75, 3.05) is 5.73 Å². The maximum atomic E-state index is 11.1. The van der Waals surface area contributed by atoms with Crippen molar-refractivity contribution in [3.63, 3.8) is 0 Å². The number of aryl methyl sites for hydroxylation is 1. The highest BCUT2D eigenvalue weighted by Gasteiger charge is 2.38. The van der Waals surface area contributed by atoms with Crippen molar-refractivity contribution in [1.82, 2.24) is 0 Å². The topological polar surface area (TPSA) is 46.2 Å². The second-order valence-corrected chi connectivity index (χ2v) is 6.05. The maximum absolute atomic E-state index is 11.1. The van der Waals surface area contributed by atoms with Gasteiger partial charge in [0.15, 0.2) is 0 Å². The van der Waals surface area contributed by atoms with Gasteiger partial charge in [0.25, 0.3) is 0 Å². The van der Waals surface area contributed by atoms with Gasteiger partial charge in [-0.25, -0.2) is 0 Å². The molecule has 0 fully saturated rings. The fourth-order valence-corrected chi connectivity index (χ4v) is 3.12. The number of rotatable bonds is 2. The third-order valence-electron chi connectivity index (χ3n) is 4.39. The second-order valence-electron chi connectivity index (χ2n) is 6.05. The van der Waals surface area contributed by atoms with Crippen LogP contribution >= 0.6 is 0 Å². The molecule has 3 N–H and O–H groups in total. The van der Waals surface area contributed by atoms with Crippen LogP contribution < -0.4 is 5.73 Å². The molecule has 3 rings (SSSR count). The Balaban J connectivity index is 2.02. The number of benzene rings is 2. The molecule has 1 unspecified atom stereocenters. The number of nitrogen functional groups attached to an aromatic ring is 1. The minimum atomic E-state index is -0.863. The first-order valence-electron chi connectivity index (χ1n) is 7.22. The third-order valence-corrected chi connectivity index (χ3v) is 4.39. The first-order valence-corrected chi connectivity index (χ1v) is 7.22. The second kappa shape index (κ2) is 4.64. The standard InChI is InChI=1S/C18H21NO/c1-12(2)13-3-5-15(6-4-13)18(20)10-9-14-11-16(19)7-8-17(14)18/h3-8,11-12,20H,9-10,19H2,1-2H3. The summed E-state index contributed by atoms with van der Waals surface area (Å²) >= 11 is 0. The Morgan fingerprint density at radius 2 is 1.80 bits per heavy atom. The summed E-state index contributed by atoms with van der Waals surface area (Å²) in [6.45, 7) is 4.36. The van der Waals surface area contributed by atoms with Crippen LogP contribution in [0.5, 0.6) is 0 Å². The van der Waals surface area contributed by atoms with E-state index in [1.807, 2.05) is 18.2 Å². The molecule has 0 heterocycles. The average Bonchev–Trinajstić information content (AvgIpc) is 2.77. The van der Waals surface area contributed by atoms with Gasteiger partial charge in [-0.2, -0.15) is 0 Å².